The first-order valence-corrected chi connectivity index (χ1v) is 14.2. The number of thiocarbonyl (C=S) groups is 1. The number of piperidine rings is 1. The van der Waals surface area contributed by atoms with E-state index in [0.717, 1.165) is 17.0 Å². The Kier molecular flexibility index (Phi) is 10.0. The number of ether oxygens (including phenoxy) is 1. The third-order valence-corrected chi connectivity index (χ3v) is 7.86. The molecule has 2 aliphatic heterocycles. The fourth-order valence-electron chi connectivity index (χ4n) is 5.24. The molecule has 3 N–H and O–H groups in total. The van der Waals surface area contributed by atoms with Gasteiger partial charge in [-0.15, -0.1) is 0 Å². The number of nitrogens with two attached hydrogens (primary N) is 1. The second-order valence-corrected chi connectivity index (χ2v) is 10.7. The molecule has 2 fully saturated rings. The molecule has 2 aliphatic rings. The van der Waals surface area contributed by atoms with E-state index in [1.54, 1.807) is 29.2 Å². The molecule has 0 radical (unpaired) electrons. The van der Waals surface area contributed by atoms with E-state index in [2.05, 4.69) is 10.2 Å². The van der Waals surface area contributed by atoms with Crippen LogP contribution >= 0.6 is 12.2 Å². The lowest BCUT2D eigenvalue weighted by atomic mass is 9.96. The van der Waals surface area contributed by atoms with Gasteiger partial charge in [0.1, 0.15) is 11.8 Å². The summed E-state index contributed by atoms with van der Waals surface area (Å²) in [7, 11) is 0. The van der Waals surface area contributed by atoms with Crippen LogP contribution in [0.15, 0.2) is 48.5 Å². The Balaban J connectivity index is 1.48. The number of nitrogens with zero attached hydrogens (tertiary/aromatic N) is 3. The molecule has 1 atom stereocenters. The monoisotopic (exact) mass is 605 g/mol. The molecular weight excluding hydrogens is 571 g/mol. The van der Waals surface area contributed by atoms with Crippen LogP contribution in [0, 0.1) is 5.92 Å². The van der Waals surface area contributed by atoms with E-state index in [9.17, 15) is 27.6 Å². The van der Waals surface area contributed by atoms with Crippen molar-refractivity contribution in [3.63, 3.8) is 0 Å². The molecule has 0 unspecified atom stereocenters. The molecule has 0 aromatic heterocycles. The van der Waals surface area contributed by atoms with Gasteiger partial charge in [0.2, 0.25) is 11.8 Å². The minimum atomic E-state index is -4.60. The molecule has 42 heavy (non-hydrogen) atoms. The van der Waals surface area contributed by atoms with Crippen LogP contribution in [0.3, 0.4) is 0 Å². The number of hydrogen-bond donors (Lipinski definition) is 2. The molecule has 0 bridgehead atoms. The lowest BCUT2D eigenvalue weighted by Gasteiger charge is -2.31. The van der Waals surface area contributed by atoms with Gasteiger partial charge in [0.25, 0.3) is 5.91 Å². The third-order valence-electron chi connectivity index (χ3n) is 7.44. The summed E-state index contributed by atoms with van der Waals surface area (Å²) < 4.78 is 45.7. The lowest BCUT2D eigenvalue weighted by molar-refractivity contribution is -0.137. The number of halogens is 3. The highest BCUT2D eigenvalue weighted by molar-refractivity contribution is 7.80. The summed E-state index contributed by atoms with van der Waals surface area (Å²) in [6, 6.07) is 10.2. The summed E-state index contributed by atoms with van der Waals surface area (Å²) in [5.41, 5.74) is 5.02. The van der Waals surface area contributed by atoms with Crippen LogP contribution in [0.4, 0.5) is 24.5 Å². The summed E-state index contributed by atoms with van der Waals surface area (Å²) in [6.07, 6.45) is -2.91. The largest absolute Gasteiger partial charge is 0.494 e. The van der Waals surface area contributed by atoms with Crippen molar-refractivity contribution in [1.82, 2.24) is 9.80 Å². The summed E-state index contributed by atoms with van der Waals surface area (Å²) in [4.78, 5) is 43.0. The third kappa shape index (κ3) is 7.57. The van der Waals surface area contributed by atoms with Crippen molar-refractivity contribution in [2.75, 3.05) is 43.0 Å². The standard InChI is InChI=1S/C29H34F3N5O4S/c1-2-41-23-9-7-21(8-10-23)34-25(38)18-24-27(40)37(22-6-3-5-20(17-22)29(30,31)32)28(42)36(24)14-4-13-35-15-11-19(12-16-35)26(33)39/h3,5-10,17,19,24H,2,4,11-16,18H2,1H3,(H2,33,39)(H,34,38)/t24-/m0/s1. The van der Waals surface area contributed by atoms with Crippen LogP contribution in [0.2, 0.25) is 0 Å². The summed E-state index contributed by atoms with van der Waals surface area (Å²) >= 11 is 5.61. The molecule has 9 nitrogen and oxygen atoms in total. The fourth-order valence-corrected chi connectivity index (χ4v) is 5.65. The first-order valence-electron chi connectivity index (χ1n) is 13.8. The van der Waals surface area contributed by atoms with E-state index in [1.165, 1.54) is 12.1 Å². The maximum Gasteiger partial charge on any atom is 0.416 e. The number of primary amides is 1. The van der Waals surface area contributed by atoms with E-state index in [4.69, 9.17) is 22.7 Å². The SMILES string of the molecule is CCOc1ccc(NC(=O)C[C@H]2C(=O)N(c3cccc(C(F)(F)F)c3)C(=S)N2CCCN2CCC(C(N)=O)CC2)cc1. The highest BCUT2D eigenvalue weighted by Gasteiger charge is 2.44. The van der Waals surface area contributed by atoms with Crippen LogP contribution in [-0.4, -0.2) is 71.5 Å². The molecule has 2 aromatic rings. The Labute approximate surface area is 247 Å². The molecule has 3 amide bonds. The second-order valence-electron chi connectivity index (χ2n) is 10.3. The number of hydrogen-bond acceptors (Lipinski definition) is 6. The average molecular weight is 606 g/mol. The number of likely N-dealkylation sites (tertiary alicyclic amines) is 1. The predicted molar refractivity (Wildman–Crippen MR) is 156 cm³/mol. The van der Waals surface area contributed by atoms with Gasteiger partial charge in [0.15, 0.2) is 5.11 Å². The number of alkyl halides is 3. The average Bonchev–Trinajstić information content (AvgIpc) is 3.18. The number of rotatable bonds is 11. The van der Waals surface area contributed by atoms with E-state index in [1.807, 2.05) is 6.92 Å². The fraction of sp³-hybridized carbons (Fsp3) is 0.448. The lowest BCUT2D eigenvalue weighted by Crippen LogP contribution is -2.41. The van der Waals surface area contributed by atoms with Crippen molar-refractivity contribution in [2.45, 2.75) is 44.8 Å². The van der Waals surface area contributed by atoms with Crippen LogP contribution < -0.4 is 20.7 Å². The Hall–Kier alpha value is -3.71. The molecule has 2 aromatic carbocycles. The van der Waals surface area contributed by atoms with Crippen LogP contribution in [-0.2, 0) is 20.6 Å². The smallest absolute Gasteiger partial charge is 0.416 e. The van der Waals surface area contributed by atoms with Gasteiger partial charge in [-0.25, -0.2) is 0 Å². The van der Waals surface area contributed by atoms with Gasteiger partial charge >= 0.3 is 6.18 Å². The number of benzene rings is 2. The van der Waals surface area contributed by atoms with Crippen molar-refractivity contribution in [3.8, 4) is 5.75 Å². The Morgan fingerprint density at radius 3 is 2.40 bits per heavy atom. The molecule has 0 saturated carbocycles. The Morgan fingerprint density at radius 1 is 1.10 bits per heavy atom. The number of carbonyl (C=O) groups is 3. The summed E-state index contributed by atoms with van der Waals surface area (Å²) in [6.45, 7) is 4.75. The van der Waals surface area contributed by atoms with Gasteiger partial charge in [-0.05, 0) is 101 Å². The van der Waals surface area contributed by atoms with Crippen molar-refractivity contribution < 1.29 is 32.3 Å². The first kappa shape index (κ1) is 31.2. The van der Waals surface area contributed by atoms with E-state index in [-0.39, 0.29) is 29.0 Å². The van der Waals surface area contributed by atoms with Gasteiger partial charge in [0.05, 0.1) is 24.3 Å². The molecular formula is C29H34F3N5O4S. The van der Waals surface area contributed by atoms with E-state index < -0.39 is 29.6 Å². The van der Waals surface area contributed by atoms with Crippen LogP contribution in [0.5, 0.6) is 5.75 Å². The molecule has 0 spiro atoms. The number of anilines is 2. The summed E-state index contributed by atoms with van der Waals surface area (Å²) in [5.74, 6) is -0.789. The van der Waals surface area contributed by atoms with Gasteiger partial charge in [-0.1, -0.05) is 6.07 Å². The molecule has 2 saturated heterocycles. The second kappa shape index (κ2) is 13.5. The van der Waals surface area contributed by atoms with Crippen molar-refractivity contribution in [3.05, 3.63) is 54.1 Å². The van der Waals surface area contributed by atoms with Crippen molar-refractivity contribution in [1.29, 1.82) is 0 Å². The quantitative estimate of drug-likeness (QED) is 0.373. The Morgan fingerprint density at radius 2 is 1.79 bits per heavy atom. The maximum atomic E-state index is 13.6. The maximum absolute atomic E-state index is 13.6. The zero-order chi connectivity index (χ0) is 30.4. The minimum absolute atomic E-state index is 0.00669. The molecule has 226 valence electrons. The van der Waals surface area contributed by atoms with Crippen molar-refractivity contribution >= 4 is 46.4 Å². The first-order chi connectivity index (χ1) is 20.0. The minimum Gasteiger partial charge on any atom is -0.494 e. The molecule has 4 rings (SSSR count). The molecule has 13 heteroatoms. The topological polar surface area (TPSA) is 108 Å². The van der Waals surface area contributed by atoms with E-state index >= 15 is 0 Å². The number of amides is 3. The normalized spacial score (nSPS) is 18.4. The number of carbonyl (C=O) groups excluding carboxylic acids is 3. The highest BCUT2D eigenvalue weighted by Crippen LogP contribution is 2.34. The predicted octanol–water partition coefficient (Wildman–Crippen LogP) is 4.02. The summed E-state index contributed by atoms with van der Waals surface area (Å²) in [5, 5.41) is 2.82. The molecule has 0 aliphatic carbocycles. The van der Waals surface area contributed by atoms with Gasteiger partial charge in [-0.2, -0.15) is 13.2 Å². The number of nitrogens with one attached hydrogen (secondary N) is 1. The van der Waals surface area contributed by atoms with Gasteiger partial charge in [-0.3, -0.25) is 19.3 Å². The Bertz CT molecular complexity index is 1300. The van der Waals surface area contributed by atoms with Crippen LogP contribution in [0.25, 0.3) is 0 Å². The zero-order valence-electron chi connectivity index (χ0n) is 23.2. The highest BCUT2D eigenvalue weighted by atomic mass is 32.1. The van der Waals surface area contributed by atoms with E-state index in [0.29, 0.717) is 63.5 Å². The van der Waals surface area contributed by atoms with Gasteiger partial charge in [0, 0.05) is 18.2 Å². The van der Waals surface area contributed by atoms with Crippen LogP contribution in [0.1, 0.15) is 38.2 Å². The van der Waals surface area contributed by atoms with Gasteiger partial charge < -0.3 is 25.6 Å². The van der Waals surface area contributed by atoms with Crippen molar-refractivity contribution in [2.24, 2.45) is 11.7 Å². The zero-order valence-corrected chi connectivity index (χ0v) is 24.0. The molecule has 2 heterocycles.